The number of halogens is 4. The van der Waals surface area contributed by atoms with Crippen molar-refractivity contribution in [1.29, 1.82) is 0 Å². The summed E-state index contributed by atoms with van der Waals surface area (Å²) in [6, 6.07) is 12.8. The molecular formula is C24H22ClF3O4. The lowest BCUT2D eigenvalue weighted by Gasteiger charge is -2.34. The van der Waals surface area contributed by atoms with Gasteiger partial charge in [0.05, 0.1) is 6.10 Å². The number of aryl methyl sites for hydroxylation is 1. The van der Waals surface area contributed by atoms with E-state index in [-0.39, 0.29) is 31.5 Å². The van der Waals surface area contributed by atoms with E-state index in [4.69, 9.17) is 21.1 Å². The first-order valence-corrected chi connectivity index (χ1v) is 10.8. The zero-order valence-corrected chi connectivity index (χ0v) is 18.1. The van der Waals surface area contributed by atoms with Crippen molar-refractivity contribution < 1.29 is 32.2 Å². The van der Waals surface area contributed by atoms with E-state index in [2.05, 4.69) is 0 Å². The van der Waals surface area contributed by atoms with Crippen LogP contribution in [-0.4, -0.2) is 36.2 Å². The lowest BCUT2D eigenvalue weighted by molar-refractivity contribution is -0.193. The molecule has 4 nitrogen and oxygen atoms in total. The Balaban J connectivity index is 1.54. The number of hydrogen-bond donors (Lipinski definition) is 0. The molecule has 2 aromatic rings. The van der Waals surface area contributed by atoms with Crippen LogP contribution < -0.4 is 0 Å². The van der Waals surface area contributed by atoms with Crippen LogP contribution in [0.5, 0.6) is 0 Å². The number of ketones is 1. The molecule has 1 aliphatic carbocycles. The second-order valence-corrected chi connectivity index (χ2v) is 8.85. The summed E-state index contributed by atoms with van der Waals surface area (Å²) in [4.78, 5) is 26.2. The predicted molar refractivity (Wildman–Crippen MR) is 112 cm³/mol. The third-order valence-electron chi connectivity index (χ3n) is 6.23. The van der Waals surface area contributed by atoms with Crippen molar-refractivity contribution in [1.82, 2.24) is 0 Å². The van der Waals surface area contributed by atoms with Crippen molar-refractivity contribution in [2.45, 2.75) is 56.4 Å². The fraction of sp³-hybridized carbons (Fsp3) is 0.417. The van der Waals surface area contributed by atoms with Crippen LogP contribution in [0.4, 0.5) is 13.2 Å². The summed E-state index contributed by atoms with van der Waals surface area (Å²) in [5.41, 5.74) is 1.82. The summed E-state index contributed by atoms with van der Waals surface area (Å²) < 4.78 is 47.8. The van der Waals surface area contributed by atoms with Gasteiger partial charge in [0.25, 0.3) is 0 Å². The van der Waals surface area contributed by atoms with E-state index in [1.165, 1.54) is 0 Å². The Morgan fingerprint density at radius 3 is 2.31 bits per heavy atom. The number of carbonyl (C=O) groups is 2. The Morgan fingerprint density at radius 2 is 1.69 bits per heavy atom. The Kier molecular flexibility index (Phi) is 6.07. The maximum absolute atomic E-state index is 13.4. The lowest BCUT2D eigenvalue weighted by Crippen LogP contribution is -2.43. The van der Waals surface area contributed by atoms with Crippen LogP contribution in [0.3, 0.4) is 0 Å². The first-order chi connectivity index (χ1) is 15.1. The zero-order chi connectivity index (χ0) is 23.1. The van der Waals surface area contributed by atoms with Gasteiger partial charge in [-0.25, -0.2) is 0 Å². The maximum atomic E-state index is 13.4. The summed E-state index contributed by atoms with van der Waals surface area (Å²) in [5, 5.41) is 0.604. The number of benzene rings is 2. The molecule has 2 fully saturated rings. The molecule has 8 heteroatoms. The SMILES string of the molecule is Cc1ccc(-c2ccc(Cl)cc2)cc1C1C(=O)OC2(CCC(OCC(F)(F)F)CC2)C1=O. The molecule has 170 valence electrons. The van der Waals surface area contributed by atoms with Crippen LogP contribution in [0, 0.1) is 6.92 Å². The molecule has 1 aliphatic heterocycles. The summed E-state index contributed by atoms with van der Waals surface area (Å²) in [6.07, 6.45) is -4.23. The molecule has 0 bridgehead atoms. The number of Topliss-reactive ketones (excluding diaryl/α,β-unsaturated/α-hetero) is 1. The molecule has 32 heavy (non-hydrogen) atoms. The molecule has 0 aromatic heterocycles. The standard InChI is InChI=1S/C24H22ClF3O4/c1-14-2-3-16(15-4-6-17(25)7-5-15)12-19(14)20-21(29)23(32-22(20)30)10-8-18(9-11-23)31-13-24(26,27)28/h2-7,12,18,20H,8-11,13H2,1H3. The fourth-order valence-electron chi connectivity index (χ4n) is 4.50. The molecule has 1 atom stereocenters. The molecule has 2 aromatic carbocycles. The van der Waals surface area contributed by atoms with Crippen LogP contribution in [0.2, 0.25) is 5.02 Å². The molecular weight excluding hydrogens is 445 g/mol. The molecule has 4 rings (SSSR count). The highest BCUT2D eigenvalue weighted by Crippen LogP contribution is 2.45. The predicted octanol–water partition coefficient (Wildman–Crippen LogP) is 5.79. The number of hydrogen-bond acceptors (Lipinski definition) is 4. The third-order valence-corrected chi connectivity index (χ3v) is 6.49. The minimum absolute atomic E-state index is 0.159. The van der Waals surface area contributed by atoms with Gasteiger partial charge in [0, 0.05) is 5.02 Å². The van der Waals surface area contributed by atoms with Gasteiger partial charge in [-0.15, -0.1) is 0 Å². The normalized spacial score (nSPS) is 25.9. The van der Waals surface area contributed by atoms with Gasteiger partial charge in [0.2, 0.25) is 0 Å². The molecule has 1 heterocycles. The van der Waals surface area contributed by atoms with E-state index in [0.29, 0.717) is 10.6 Å². The zero-order valence-electron chi connectivity index (χ0n) is 17.4. The molecule has 1 saturated heterocycles. The molecule has 0 amide bonds. The summed E-state index contributed by atoms with van der Waals surface area (Å²) in [7, 11) is 0. The average molecular weight is 467 g/mol. The van der Waals surface area contributed by atoms with Crippen LogP contribution in [-0.2, 0) is 19.1 Å². The van der Waals surface area contributed by atoms with Crippen LogP contribution in [0.1, 0.15) is 42.7 Å². The van der Waals surface area contributed by atoms with Crippen molar-refractivity contribution in [3.8, 4) is 11.1 Å². The van der Waals surface area contributed by atoms with Crippen LogP contribution in [0.15, 0.2) is 42.5 Å². The van der Waals surface area contributed by atoms with Gasteiger partial charge >= 0.3 is 12.1 Å². The lowest BCUT2D eigenvalue weighted by atomic mass is 9.76. The highest BCUT2D eigenvalue weighted by molar-refractivity contribution is 6.30. The smallest absolute Gasteiger partial charge is 0.411 e. The van der Waals surface area contributed by atoms with Gasteiger partial charge in [-0.05, 0) is 73.1 Å². The summed E-state index contributed by atoms with van der Waals surface area (Å²) >= 11 is 5.96. The molecule has 0 N–H and O–H groups in total. The second kappa shape index (κ2) is 8.52. The fourth-order valence-corrected chi connectivity index (χ4v) is 4.62. The summed E-state index contributed by atoms with van der Waals surface area (Å²) in [6.45, 7) is 0.506. The Hall–Kier alpha value is -2.38. The minimum atomic E-state index is -4.40. The Bertz CT molecular complexity index is 1020. The van der Waals surface area contributed by atoms with Gasteiger partial charge in [-0.1, -0.05) is 35.9 Å². The highest BCUT2D eigenvalue weighted by atomic mass is 35.5. The van der Waals surface area contributed by atoms with Gasteiger partial charge in [0.1, 0.15) is 12.5 Å². The van der Waals surface area contributed by atoms with Crippen molar-refractivity contribution in [3.63, 3.8) is 0 Å². The van der Waals surface area contributed by atoms with Gasteiger partial charge < -0.3 is 9.47 Å². The molecule has 2 aliphatic rings. The monoisotopic (exact) mass is 466 g/mol. The Labute approximate surface area is 188 Å². The number of carbonyl (C=O) groups excluding carboxylic acids is 2. The number of alkyl halides is 3. The number of rotatable bonds is 4. The van der Waals surface area contributed by atoms with Crippen molar-refractivity contribution in [2.24, 2.45) is 0 Å². The first-order valence-electron chi connectivity index (χ1n) is 10.4. The topological polar surface area (TPSA) is 52.6 Å². The average Bonchev–Trinajstić information content (AvgIpc) is 2.97. The van der Waals surface area contributed by atoms with E-state index in [1.807, 2.05) is 37.3 Å². The van der Waals surface area contributed by atoms with E-state index < -0.39 is 36.4 Å². The third kappa shape index (κ3) is 4.55. The van der Waals surface area contributed by atoms with E-state index in [1.54, 1.807) is 12.1 Å². The highest BCUT2D eigenvalue weighted by Gasteiger charge is 2.57. The van der Waals surface area contributed by atoms with Gasteiger partial charge in [-0.2, -0.15) is 13.2 Å². The van der Waals surface area contributed by atoms with Crippen LogP contribution >= 0.6 is 11.6 Å². The summed E-state index contributed by atoms with van der Waals surface area (Å²) in [5.74, 6) is -1.98. The van der Waals surface area contributed by atoms with Crippen molar-refractivity contribution in [2.75, 3.05) is 6.61 Å². The van der Waals surface area contributed by atoms with E-state index >= 15 is 0 Å². The van der Waals surface area contributed by atoms with E-state index in [0.717, 1.165) is 16.7 Å². The van der Waals surface area contributed by atoms with Gasteiger partial charge in [0.15, 0.2) is 11.4 Å². The molecule has 1 spiro atoms. The Morgan fingerprint density at radius 1 is 1.06 bits per heavy atom. The largest absolute Gasteiger partial charge is 0.450 e. The first kappa shape index (κ1) is 22.8. The number of esters is 1. The second-order valence-electron chi connectivity index (χ2n) is 8.42. The van der Waals surface area contributed by atoms with Crippen molar-refractivity contribution >= 4 is 23.4 Å². The molecule has 0 radical (unpaired) electrons. The van der Waals surface area contributed by atoms with Gasteiger partial charge in [-0.3, -0.25) is 9.59 Å². The van der Waals surface area contributed by atoms with Crippen LogP contribution in [0.25, 0.3) is 11.1 Å². The quantitative estimate of drug-likeness (QED) is 0.423. The molecule has 1 unspecified atom stereocenters. The molecule has 1 saturated carbocycles. The number of ether oxygens (including phenoxy) is 2. The van der Waals surface area contributed by atoms with E-state index in [9.17, 15) is 22.8 Å². The minimum Gasteiger partial charge on any atom is -0.450 e. The maximum Gasteiger partial charge on any atom is 0.411 e. The van der Waals surface area contributed by atoms with Crippen molar-refractivity contribution in [3.05, 3.63) is 58.6 Å².